The fourth-order valence-corrected chi connectivity index (χ4v) is 3.71. The normalized spacial score (nSPS) is 11.8. The van der Waals surface area contributed by atoms with Crippen LogP contribution in [0.25, 0.3) is 21.5 Å². The first kappa shape index (κ1) is 20.4. The molecule has 8 heteroatoms. The average Bonchev–Trinajstić information content (AvgIpc) is 2.66. The molecule has 0 spiro atoms. The Kier molecular flexibility index (Phi) is 5.83. The minimum absolute atomic E-state index is 0. The van der Waals surface area contributed by atoms with Crippen molar-refractivity contribution in [3.05, 3.63) is 72.8 Å². The summed E-state index contributed by atoms with van der Waals surface area (Å²) in [5.41, 5.74) is 0.612. The van der Waals surface area contributed by atoms with Crippen molar-refractivity contribution in [3.63, 3.8) is 0 Å². The van der Waals surface area contributed by atoms with E-state index in [1.807, 2.05) is 18.2 Å². The Morgan fingerprint density at radius 2 is 1.39 bits per heavy atom. The molecule has 0 atom stereocenters. The van der Waals surface area contributed by atoms with Crippen LogP contribution in [0, 0.1) is 0 Å². The number of fused-ring (bicyclic) bond motifs is 2. The zero-order valence-electron chi connectivity index (χ0n) is 14.9. The summed E-state index contributed by atoms with van der Waals surface area (Å²) in [5.74, 6) is -0.253. The van der Waals surface area contributed by atoms with Crippen molar-refractivity contribution in [1.82, 2.24) is 0 Å². The van der Waals surface area contributed by atoms with E-state index < -0.39 is 10.1 Å². The van der Waals surface area contributed by atoms with E-state index in [2.05, 4.69) is 10.2 Å². The van der Waals surface area contributed by atoms with Crippen molar-refractivity contribution < 1.29 is 47.6 Å². The fraction of sp³-hybridized carbons (Fsp3) is 0. The average molecular weight is 400 g/mol. The molecule has 0 aliphatic rings. The molecule has 0 aliphatic carbocycles. The van der Waals surface area contributed by atoms with Crippen molar-refractivity contribution in [3.8, 4) is 5.75 Å². The maximum atomic E-state index is 12.2. The maximum Gasteiger partial charge on any atom is 1.00 e. The van der Waals surface area contributed by atoms with Crippen LogP contribution in [0.15, 0.2) is 87.9 Å². The summed E-state index contributed by atoms with van der Waals surface area (Å²) >= 11 is 0. The molecule has 0 fully saturated rings. The Morgan fingerprint density at radius 1 is 0.750 bits per heavy atom. The molecule has 4 rings (SSSR count). The second kappa shape index (κ2) is 7.98. The number of azo groups is 1. The molecular weight excluding hydrogens is 387 g/mol. The number of hydrogen-bond donors (Lipinski definition) is 1. The predicted molar refractivity (Wildman–Crippen MR) is 101 cm³/mol. The van der Waals surface area contributed by atoms with Crippen molar-refractivity contribution in [2.75, 3.05) is 0 Å². The second-order valence-electron chi connectivity index (χ2n) is 5.94. The molecule has 0 aromatic heterocycles. The van der Waals surface area contributed by atoms with Gasteiger partial charge in [-0.3, -0.25) is 4.55 Å². The Morgan fingerprint density at radius 3 is 2.11 bits per heavy atom. The third-order valence-corrected chi connectivity index (χ3v) is 5.17. The van der Waals surface area contributed by atoms with E-state index >= 15 is 0 Å². The van der Waals surface area contributed by atoms with Crippen LogP contribution in [-0.2, 0) is 10.1 Å². The van der Waals surface area contributed by atoms with Gasteiger partial charge in [-0.1, -0.05) is 66.4 Å². The summed E-state index contributed by atoms with van der Waals surface area (Å²) < 4.78 is 32.6. The van der Waals surface area contributed by atoms with Gasteiger partial charge in [0.2, 0.25) is 0 Å². The standard InChI is InChI=1S/C20H14N2O4S.Na/c23-18-11-9-13-5-1-2-6-14(13)20(18)22-21-17-10-12-19(27(24,25)26)16-8-4-3-7-15(16)17;/h1-12,23H,(H,24,25,26);/q;+1/p-1. The molecule has 1 N–H and O–H groups in total. The molecule has 0 heterocycles. The maximum absolute atomic E-state index is 12.2. The van der Waals surface area contributed by atoms with Crippen LogP contribution >= 0.6 is 0 Å². The van der Waals surface area contributed by atoms with Gasteiger partial charge in [-0.15, -0.1) is 5.11 Å². The van der Waals surface area contributed by atoms with E-state index in [0.29, 0.717) is 21.8 Å². The molecule has 28 heavy (non-hydrogen) atoms. The largest absolute Gasteiger partial charge is 1.00 e. The molecule has 6 nitrogen and oxygen atoms in total. The number of benzene rings is 4. The topological polar surface area (TPSA) is 102 Å². The van der Waals surface area contributed by atoms with Gasteiger partial charge in [0, 0.05) is 16.2 Å². The molecule has 0 saturated carbocycles. The van der Waals surface area contributed by atoms with Crippen LogP contribution in [0.1, 0.15) is 0 Å². The molecule has 0 unspecified atom stereocenters. The van der Waals surface area contributed by atoms with Crippen molar-refractivity contribution in [1.29, 1.82) is 0 Å². The number of rotatable bonds is 3. The molecule has 0 aliphatic heterocycles. The first-order chi connectivity index (χ1) is 12.9. The second-order valence-corrected chi connectivity index (χ2v) is 7.33. The molecule has 0 amide bonds. The monoisotopic (exact) mass is 400 g/mol. The summed E-state index contributed by atoms with van der Waals surface area (Å²) in [6.07, 6.45) is 0. The summed E-state index contributed by atoms with van der Waals surface area (Å²) in [6, 6.07) is 19.9. The van der Waals surface area contributed by atoms with Crippen LogP contribution in [-0.4, -0.2) is 13.0 Å². The van der Waals surface area contributed by atoms with Gasteiger partial charge in [0.05, 0.1) is 11.4 Å². The quantitative estimate of drug-likeness (QED) is 0.321. The van der Waals surface area contributed by atoms with Gasteiger partial charge in [0.15, 0.2) is 0 Å². The van der Waals surface area contributed by atoms with Crippen molar-refractivity contribution in [2.24, 2.45) is 10.2 Å². The minimum atomic E-state index is -4.37. The number of nitrogens with zero attached hydrogens (tertiary/aromatic N) is 2. The van der Waals surface area contributed by atoms with E-state index in [-0.39, 0.29) is 45.9 Å². The van der Waals surface area contributed by atoms with E-state index in [1.54, 1.807) is 36.4 Å². The van der Waals surface area contributed by atoms with Crippen LogP contribution in [0.4, 0.5) is 11.4 Å². The van der Waals surface area contributed by atoms with Crippen LogP contribution in [0.3, 0.4) is 0 Å². The molecule has 0 saturated heterocycles. The first-order valence-corrected chi connectivity index (χ1v) is 9.49. The molecule has 134 valence electrons. The molecule has 4 aromatic carbocycles. The summed E-state index contributed by atoms with van der Waals surface area (Å²) in [4.78, 5) is -0.202. The third-order valence-electron chi connectivity index (χ3n) is 4.26. The van der Waals surface area contributed by atoms with Crippen LogP contribution in [0.5, 0.6) is 5.75 Å². The summed E-state index contributed by atoms with van der Waals surface area (Å²) in [7, 11) is -4.37. The smallest absolute Gasteiger partial charge is 0.871 e. The summed E-state index contributed by atoms with van der Waals surface area (Å²) in [5, 5.41) is 23.0. The number of hydrogen-bond acceptors (Lipinski definition) is 5. The van der Waals surface area contributed by atoms with Gasteiger partial charge in [-0.25, -0.2) is 0 Å². The van der Waals surface area contributed by atoms with Crippen molar-refractivity contribution >= 4 is 43.0 Å². The van der Waals surface area contributed by atoms with E-state index in [4.69, 9.17) is 0 Å². The Balaban J connectivity index is 0.00000225. The van der Waals surface area contributed by atoms with Gasteiger partial charge in [-0.05, 0) is 17.5 Å². The van der Waals surface area contributed by atoms with Crippen molar-refractivity contribution in [2.45, 2.75) is 4.90 Å². The van der Waals surface area contributed by atoms with Crippen LogP contribution < -0.4 is 34.7 Å². The van der Waals surface area contributed by atoms with Gasteiger partial charge >= 0.3 is 29.6 Å². The molecular formula is C20H13N2NaO4S. The third kappa shape index (κ3) is 3.80. The first-order valence-electron chi connectivity index (χ1n) is 8.05. The van der Waals surface area contributed by atoms with Gasteiger partial charge in [0.1, 0.15) is 4.90 Å². The van der Waals surface area contributed by atoms with Gasteiger partial charge in [-0.2, -0.15) is 13.5 Å². The van der Waals surface area contributed by atoms with E-state index in [0.717, 1.165) is 5.39 Å². The van der Waals surface area contributed by atoms with Gasteiger partial charge < -0.3 is 5.11 Å². The predicted octanol–water partition coefficient (Wildman–Crippen LogP) is 1.73. The zero-order chi connectivity index (χ0) is 19.0. The van der Waals surface area contributed by atoms with Crippen LogP contribution in [0.2, 0.25) is 0 Å². The fourth-order valence-electron chi connectivity index (χ4n) is 3.01. The zero-order valence-corrected chi connectivity index (χ0v) is 17.7. The van der Waals surface area contributed by atoms with E-state index in [1.165, 1.54) is 18.2 Å². The van der Waals surface area contributed by atoms with E-state index in [9.17, 15) is 18.1 Å². The Hall–Kier alpha value is -2.29. The Labute approximate surface area is 183 Å². The minimum Gasteiger partial charge on any atom is -0.871 e. The SMILES string of the molecule is O=S(=O)(O)c1ccc(N=Nc2c([O-])ccc3ccccc23)c2ccccc12.[Na+]. The molecule has 4 aromatic rings. The summed E-state index contributed by atoms with van der Waals surface area (Å²) in [6.45, 7) is 0. The Bertz CT molecular complexity index is 1320. The van der Waals surface area contributed by atoms with Gasteiger partial charge in [0.25, 0.3) is 10.1 Å². The molecule has 0 bridgehead atoms. The molecule has 0 radical (unpaired) electrons.